The van der Waals surface area contributed by atoms with E-state index < -0.39 is 6.10 Å². The number of rotatable bonds is 3. The molecule has 2 heterocycles. The Morgan fingerprint density at radius 1 is 0.917 bits per heavy atom. The van der Waals surface area contributed by atoms with Gasteiger partial charge in [-0.3, -0.25) is 9.59 Å². The number of hydrogen-bond acceptors (Lipinski definition) is 3. The van der Waals surface area contributed by atoms with E-state index in [0.717, 1.165) is 25.9 Å². The molecule has 130 valence electrons. The Kier molecular flexibility index (Phi) is 5.51. The summed E-state index contributed by atoms with van der Waals surface area (Å²) in [6.07, 6.45) is 3.71. The molecule has 2 amide bonds. The van der Waals surface area contributed by atoms with Crippen LogP contribution in [-0.2, 0) is 9.59 Å². The molecule has 0 bridgehead atoms. The fourth-order valence-corrected chi connectivity index (χ4v) is 3.67. The molecule has 0 spiro atoms. The number of aliphatic hydroxyl groups excluding tert-OH is 1. The van der Waals surface area contributed by atoms with Gasteiger partial charge in [0.1, 0.15) is 0 Å². The Morgan fingerprint density at radius 2 is 1.54 bits per heavy atom. The van der Waals surface area contributed by atoms with Gasteiger partial charge in [0.15, 0.2) is 6.10 Å². The van der Waals surface area contributed by atoms with Crippen LogP contribution in [0, 0.1) is 5.92 Å². The van der Waals surface area contributed by atoms with Crippen LogP contribution in [0.25, 0.3) is 0 Å². The molecule has 5 heteroatoms. The topological polar surface area (TPSA) is 60.9 Å². The minimum absolute atomic E-state index is 0.0287. The molecule has 0 saturated carbocycles. The van der Waals surface area contributed by atoms with Gasteiger partial charge in [-0.1, -0.05) is 30.3 Å². The first-order valence-electron chi connectivity index (χ1n) is 8.97. The molecular formula is C19H26N2O3. The predicted molar refractivity (Wildman–Crippen MR) is 91.1 cm³/mol. The van der Waals surface area contributed by atoms with Crippen molar-refractivity contribution in [3.8, 4) is 0 Å². The number of hydrogen-bond donors (Lipinski definition) is 1. The third-order valence-corrected chi connectivity index (χ3v) is 5.17. The molecule has 24 heavy (non-hydrogen) atoms. The monoisotopic (exact) mass is 330 g/mol. The molecule has 2 saturated heterocycles. The zero-order valence-corrected chi connectivity index (χ0v) is 14.1. The van der Waals surface area contributed by atoms with Crippen LogP contribution in [0.5, 0.6) is 0 Å². The Labute approximate surface area is 143 Å². The van der Waals surface area contributed by atoms with Crippen molar-refractivity contribution < 1.29 is 14.7 Å². The minimum Gasteiger partial charge on any atom is -0.378 e. The van der Waals surface area contributed by atoms with Gasteiger partial charge >= 0.3 is 0 Å². The fourth-order valence-electron chi connectivity index (χ4n) is 3.67. The van der Waals surface area contributed by atoms with Gasteiger partial charge in [-0.2, -0.15) is 0 Å². The second-order valence-electron chi connectivity index (χ2n) is 6.80. The number of carbonyl (C=O) groups excluding carboxylic acids is 2. The third kappa shape index (κ3) is 3.78. The highest BCUT2D eigenvalue weighted by Gasteiger charge is 2.32. The van der Waals surface area contributed by atoms with Crippen LogP contribution in [0.2, 0.25) is 0 Å². The summed E-state index contributed by atoms with van der Waals surface area (Å²) in [5.41, 5.74) is 0.619. The first-order chi connectivity index (χ1) is 11.7. The second-order valence-corrected chi connectivity index (χ2v) is 6.80. The van der Waals surface area contributed by atoms with Crippen LogP contribution in [0.3, 0.4) is 0 Å². The SMILES string of the molecule is O=C(C1CCN(C(=O)C(O)c2ccccc2)CC1)N1CCCCC1. The fraction of sp³-hybridized carbons (Fsp3) is 0.579. The standard InChI is InChI=1S/C19H26N2O3/c22-17(15-7-3-1-4-8-15)19(24)21-13-9-16(10-14-21)18(23)20-11-5-2-6-12-20/h1,3-4,7-8,16-17,22H,2,5-6,9-14H2. The zero-order chi connectivity index (χ0) is 16.9. The average Bonchev–Trinajstić information content (AvgIpc) is 2.68. The van der Waals surface area contributed by atoms with Crippen molar-refractivity contribution >= 4 is 11.8 Å². The Morgan fingerprint density at radius 3 is 2.17 bits per heavy atom. The van der Waals surface area contributed by atoms with Gasteiger partial charge < -0.3 is 14.9 Å². The van der Waals surface area contributed by atoms with Crippen LogP contribution in [0.4, 0.5) is 0 Å². The molecule has 5 nitrogen and oxygen atoms in total. The molecule has 1 aromatic carbocycles. The van der Waals surface area contributed by atoms with Gasteiger partial charge in [0.25, 0.3) is 5.91 Å². The van der Waals surface area contributed by atoms with Gasteiger partial charge in [0.05, 0.1) is 0 Å². The van der Waals surface area contributed by atoms with Crippen molar-refractivity contribution in [2.24, 2.45) is 5.92 Å². The van der Waals surface area contributed by atoms with Crippen molar-refractivity contribution in [3.05, 3.63) is 35.9 Å². The summed E-state index contributed by atoms with van der Waals surface area (Å²) >= 11 is 0. The molecule has 0 aromatic heterocycles. The molecule has 2 aliphatic heterocycles. The predicted octanol–water partition coefficient (Wildman–Crippen LogP) is 1.97. The smallest absolute Gasteiger partial charge is 0.256 e. The van der Waals surface area contributed by atoms with Crippen LogP contribution in [0.1, 0.15) is 43.8 Å². The maximum absolute atomic E-state index is 12.6. The first-order valence-corrected chi connectivity index (χ1v) is 8.97. The molecule has 1 unspecified atom stereocenters. The summed E-state index contributed by atoms with van der Waals surface area (Å²) in [5, 5.41) is 10.3. The van der Waals surface area contributed by atoms with Crippen molar-refractivity contribution in [3.63, 3.8) is 0 Å². The quantitative estimate of drug-likeness (QED) is 0.922. The second kappa shape index (κ2) is 7.79. The zero-order valence-electron chi connectivity index (χ0n) is 14.1. The summed E-state index contributed by atoms with van der Waals surface area (Å²) in [5.74, 6) is 0.0245. The highest BCUT2D eigenvalue weighted by Crippen LogP contribution is 2.24. The van der Waals surface area contributed by atoms with E-state index in [1.807, 2.05) is 23.1 Å². The minimum atomic E-state index is -1.11. The molecule has 0 radical (unpaired) electrons. The van der Waals surface area contributed by atoms with Crippen LogP contribution < -0.4 is 0 Å². The van der Waals surface area contributed by atoms with E-state index in [-0.39, 0.29) is 17.7 Å². The van der Waals surface area contributed by atoms with Crippen molar-refractivity contribution in [2.75, 3.05) is 26.2 Å². The molecule has 1 atom stereocenters. The summed E-state index contributed by atoms with van der Waals surface area (Å²) in [6.45, 7) is 2.86. The Balaban J connectivity index is 1.53. The van der Waals surface area contributed by atoms with E-state index in [9.17, 15) is 14.7 Å². The van der Waals surface area contributed by atoms with E-state index in [1.165, 1.54) is 6.42 Å². The number of amides is 2. The van der Waals surface area contributed by atoms with E-state index in [1.54, 1.807) is 17.0 Å². The van der Waals surface area contributed by atoms with Gasteiger partial charge in [-0.15, -0.1) is 0 Å². The van der Waals surface area contributed by atoms with Gasteiger partial charge in [0.2, 0.25) is 5.91 Å². The molecule has 1 aromatic rings. The number of aliphatic hydroxyl groups is 1. The third-order valence-electron chi connectivity index (χ3n) is 5.17. The maximum Gasteiger partial charge on any atom is 0.256 e. The highest BCUT2D eigenvalue weighted by atomic mass is 16.3. The van der Waals surface area contributed by atoms with Crippen molar-refractivity contribution in [2.45, 2.75) is 38.2 Å². The maximum atomic E-state index is 12.6. The molecule has 3 rings (SSSR count). The lowest BCUT2D eigenvalue weighted by Crippen LogP contribution is -2.46. The van der Waals surface area contributed by atoms with Crippen LogP contribution in [-0.4, -0.2) is 52.9 Å². The van der Waals surface area contributed by atoms with E-state index in [0.29, 0.717) is 31.5 Å². The lowest BCUT2D eigenvalue weighted by molar-refractivity contribution is -0.146. The average molecular weight is 330 g/mol. The Hall–Kier alpha value is -1.88. The summed E-state index contributed by atoms with van der Waals surface area (Å²) in [4.78, 5) is 28.7. The van der Waals surface area contributed by atoms with Gasteiger partial charge in [-0.05, 0) is 37.7 Å². The lowest BCUT2D eigenvalue weighted by Gasteiger charge is -2.36. The van der Waals surface area contributed by atoms with Crippen molar-refractivity contribution in [1.82, 2.24) is 9.80 Å². The largest absolute Gasteiger partial charge is 0.378 e. The number of carbonyl (C=O) groups is 2. The van der Waals surface area contributed by atoms with E-state index >= 15 is 0 Å². The van der Waals surface area contributed by atoms with Gasteiger partial charge in [0, 0.05) is 32.1 Å². The summed E-state index contributed by atoms with van der Waals surface area (Å²) in [7, 11) is 0. The Bertz CT molecular complexity index is 561. The van der Waals surface area contributed by atoms with Gasteiger partial charge in [-0.25, -0.2) is 0 Å². The molecule has 2 fully saturated rings. The lowest BCUT2D eigenvalue weighted by atomic mass is 9.93. The first kappa shape index (κ1) is 17.0. The normalized spacial score (nSPS) is 20.7. The number of nitrogens with zero attached hydrogens (tertiary/aromatic N) is 2. The summed E-state index contributed by atoms with van der Waals surface area (Å²) in [6, 6.07) is 9.01. The molecule has 1 N–H and O–H groups in total. The molecule has 2 aliphatic rings. The van der Waals surface area contributed by atoms with Crippen LogP contribution >= 0.6 is 0 Å². The number of likely N-dealkylation sites (tertiary alicyclic amines) is 2. The molecular weight excluding hydrogens is 304 g/mol. The van der Waals surface area contributed by atoms with E-state index in [2.05, 4.69) is 0 Å². The van der Waals surface area contributed by atoms with Crippen molar-refractivity contribution in [1.29, 1.82) is 0 Å². The summed E-state index contributed by atoms with van der Waals surface area (Å²) < 4.78 is 0. The van der Waals surface area contributed by atoms with Crippen LogP contribution in [0.15, 0.2) is 30.3 Å². The molecule has 0 aliphatic carbocycles. The highest BCUT2D eigenvalue weighted by molar-refractivity contribution is 5.83. The number of benzene rings is 1. The van der Waals surface area contributed by atoms with E-state index in [4.69, 9.17) is 0 Å². The number of piperidine rings is 2.